The van der Waals surface area contributed by atoms with Crippen LogP contribution in [0.3, 0.4) is 0 Å². The van der Waals surface area contributed by atoms with Crippen LogP contribution >= 0.6 is 0 Å². The number of benzene rings is 1. The number of ether oxygens (including phenoxy) is 1. The van der Waals surface area contributed by atoms with E-state index in [-0.39, 0.29) is 6.42 Å². The van der Waals surface area contributed by atoms with Gasteiger partial charge in [-0.15, -0.1) is 0 Å². The third-order valence-electron chi connectivity index (χ3n) is 2.55. The smallest absolute Gasteiger partial charge is 0.307 e. The summed E-state index contributed by atoms with van der Waals surface area (Å²) in [6.45, 7) is 5.29. The summed E-state index contributed by atoms with van der Waals surface area (Å²) >= 11 is 0. The molecule has 0 bridgehead atoms. The lowest BCUT2D eigenvalue weighted by molar-refractivity contribution is -0.136. The lowest BCUT2D eigenvalue weighted by Crippen LogP contribution is -2.16. The Hall–Kier alpha value is -1.39. The highest BCUT2D eigenvalue weighted by Gasteiger charge is 2.00. The van der Waals surface area contributed by atoms with Crippen LogP contribution in [0.5, 0.6) is 0 Å². The average molecular weight is 251 g/mol. The number of hydrogen-bond donors (Lipinski definition) is 2. The maximum Gasteiger partial charge on any atom is 0.307 e. The number of carboxylic acids is 1. The zero-order chi connectivity index (χ0) is 13.2. The molecule has 0 spiro atoms. The fourth-order valence-corrected chi connectivity index (χ4v) is 1.63. The van der Waals surface area contributed by atoms with E-state index in [2.05, 4.69) is 5.32 Å². The summed E-state index contributed by atoms with van der Waals surface area (Å²) in [7, 11) is 0. The third kappa shape index (κ3) is 6.37. The van der Waals surface area contributed by atoms with Crippen molar-refractivity contribution in [2.75, 3.05) is 19.8 Å². The van der Waals surface area contributed by atoms with Crippen molar-refractivity contribution in [1.82, 2.24) is 5.32 Å². The van der Waals surface area contributed by atoms with Gasteiger partial charge >= 0.3 is 5.97 Å². The van der Waals surface area contributed by atoms with Crippen molar-refractivity contribution in [3.8, 4) is 0 Å². The van der Waals surface area contributed by atoms with Gasteiger partial charge in [-0.25, -0.2) is 0 Å². The first kappa shape index (κ1) is 14.7. The van der Waals surface area contributed by atoms with Crippen LogP contribution in [-0.2, 0) is 22.5 Å². The van der Waals surface area contributed by atoms with Crippen molar-refractivity contribution >= 4 is 5.97 Å². The van der Waals surface area contributed by atoms with Crippen LogP contribution in [0.1, 0.15) is 24.5 Å². The van der Waals surface area contributed by atoms with E-state index in [0.29, 0.717) is 0 Å². The predicted octanol–water partition coefficient (Wildman–Crippen LogP) is 1.83. The van der Waals surface area contributed by atoms with Crippen LogP contribution in [0.25, 0.3) is 0 Å². The van der Waals surface area contributed by atoms with Crippen LogP contribution < -0.4 is 5.32 Å². The molecule has 100 valence electrons. The fraction of sp³-hybridized carbons (Fsp3) is 0.500. The molecule has 0 fully saturated rings. The molecule has 2 N–H and O–H groups in total. The SMILES string of the molecule is CCOCCCNCc1ccc(CC(=O)O)cc1. The van der Waals surface area contributed by atoms with Crippen molar-refractivity contribution in [2.45, 2.75) is 26.3 Å². The van der Waals surface area contributed by atoms with E-state index >= 15 is 0 Å². The standard InChI is InChI=1S/C14H21NO3/c1-2-18-9-3-8-15-11-13-6-4-12(5-7-13)10-14(16)17/h4-7,15H,2-3,8-11H2,1H3,(H,16,17). The van der Waals surface area contributed by atoms with Gasteiger partial charge in [0.15, 0.2) is 0 Å². The molecule has 18 heavy (non-hydrogen) atoms. The number of aliphatic carboxylic acids is 1. The van der Waals surface area contributed by atoms with Crippen LogP contribution in [0.15, 0.2) is 24.3 Å². The van der Waals surface area contributed by atoms with Crippen LogP contribution in [0.4, 0.5) is 0 Å². The maximum atomic E-state index is 10.5. The molecule has 0 saturated heterocycles. The normalized spacial score (nSPS) is 10.5. The highest BCUT2D eigenvalue weighted by molar-refractivity contribution is 5.70. The van der Waals surface area contributed by atoms with Gasteiger partial charge in [0.25, 0.3) is 0 Å². The first-order valence-electron chi connectivity index (χ1n) is 6.30. The molecule has 1 aromatic carbocycles. The largest absolute Gasteiger partial charge is 0.481 e. The summed E-state index contributed by atoms with van der Waals surface area (Å²) < 4.78 is 5.24. The van der Waals surface area contributed by atoms with E-state index in [1.54, 1.807) is 0 Å². The number of rotatable bonds is 9. The molecule has 0 radical (unpaired) electrons. The van der Waals surface area contributed by atoms with Crippen molar-refractivity contribution in [1.29, 1.82) is 0 Å². The lowest BCUT2D eigenvalue weighted by Gasteiger charge is -2.06. The van der Waals surface area contributed by atoms with Gasteiger partial charge in [-0.1, -0.05) is 24.3 Å². The van der Waals surface area contributed by atoms with Crippen LogP contribution in [0, 0.1) is 0 Å². The van der Waals surface area contributed by atoms with E-state index < -0.39 is 5.97 Å². The molecule has 0 aliphatic carbocycles. The van der Waals surface area contributed by atoms with Crippen LogP contribution in [0.2, 0.25) is 0 Å². The summed E-state index contributed by atoms with van der Waals surface area (Å²) in [6, 6.07) is 7.66. The highest BCUT2D eigenvalue weighted by Crippen LogP contribution is 2.05. The Kier molecular flexibility index (Phi) is 7.06. The number of carbonyl (C=O) groups is 1. The minimum absolute atomic E-state index is 0.0854. The summed E-state index contributed by atoms with van der Waals surface area (Å²) in [5.41, 5.74) is 2.00. The Morgan fingerprint density at radius 1 is 1.28 bits per heavy atom. The second-order valence-corrected chi connectivity index (χ2v) is 4.11. The van der Waals surface area contributed by atoms with Gasteiger partial charge in [-0.05, 0) is 31.0 Å². The van der Waals surface area contributed by atoms with E-state index in [1.165, 1.54) is 5.56 Å². The van der Waals surface area contributed by atoms with Gasteiger partial charge in [0.1, 0.15) is 0 Å². The molecular formula is C14H21NO3. The van der Waals surface area contributed by atoms with E-state index in [0.717, 1.165) is 38.3 Å². The van der Waals surface area contributed by atoms with Gasteiger partial charge in [-0.2, -0.15) is 0 Å². The van der Waals surface area contributed by atoms with Crippen LogP contribution in [-0.4, -0.2) is 30.8 Å². The molecule has 0 aliphatic rings. The van der Waals surface area contributed by atoms with Gasteiger partial charge < -0.3 is 15.2 Å². The summed E-state index contributed by atoms with van der Waals surface area (Å²) in [5.74, 6) is -0.795. The fourth-order valence-electron chi connectivity index (χ4n) is 1.63. The molecule has 0 aliphatic heterocycles. The Morgan fingerprint density at radius 3 is 2.56 bits per heavy atom. The molecule has 1 rings (SSSR count). The molecular weight excluding hydrogens is 230 g/mol. The molecule has 0 aromatic heterocycles. The summed E-state index contributed by atoms with van der Waals surface area (Å²) in [4.78, 5) is 10.5. The van der Waals surface area contributed by atoms with Crippen molar-refractivity contribution in [3.05, 3.63) is 35.4 Å². The summed E-state index contributed by atoms with van der Waals surface area (Å²) in [5, 5.41) is 12.0. The molecule has 0 atom stereocenters. The Morgan fingerprint density at radius 2 is 1.94 bits per heavy atom. The maximum absolute atomic E-state index is 10.5. The number of hydrogen-bond acceptors (Lipinski definition) is 3. The Bertz CT molecular complexity index is 349. The van der Waals surface area contributed by atoms with Crippen molar-refractivity contribution in [3.63, 3.8) is 0 Å². The molecule has 0 heterocycles. The monoisotopic (exact) mass is 251 g/mol. The highest BCUT2D eigenvalue weighted by atomic mass is 16.5. The minimum atomic E-state index is -0.795. The van der Waals surface area contributed by atoms with Crippen molar-refractivity contribution in [2.24, 2.45) is 0 Å². The average Bonchev–Trinajstić information content (AvgIpc) is 2.35. The van der Waals surface area contributed by atoms with Gasteiger partial charge in [0.2, 0.25) is 0 Å². The molecule has 0 saturated carbocycles. The van der Waals surface area contributed by atoms with E-state index in [9.17, 15) is 4.79 Å². The summed E-state index contributed by atoms with van der Waals surface area (Å²) in [6.07, 6.45) is 1.09. The molecule has 4 nitrogen and oxygen atoms in total. The second-order valence-electron chi connectivity index (χ2n) is 4.11. The zero-order valence-corrected chi connectivity index (χ0v) is 10.8. The molecule has 1 aromatic rings. The Labute approximate surface area is 108 Å². The van der Waals surface area contributed by atoms with E-state index in [1.807, 2.05) is 31.2 Å². The number of nitrogens with one attached hydrogen (secondary N) is 1. The lowest BCUT2D eigenvalue weighted by atomic mass is 10.1. The first-order valence-corrected chi connectivity index (χ1v) is 6.30. The van der Waals surface area contributed by atoms with E-state index in [4.69, 9.17) is 9.84 Å². The van der Waals surface area contributed by atoms with Gasteiger partial charge in [-0.3, -0.25) is 4.79 Å². The third-order valence-corrected chi connectivity index (χ3v) is 2.55. The number of carboxylic acid groups (broad SMARTS) is 1. The zero-order valence-electron chi connectivity index (χ0n) is 10.8. The second kappa shape index (κ2) is 8.66. The quantitative estimate of drug-likeness (QED) is 0.657. The van der Waals surface area contributed by atoms with Crippen molar-refractivity contribution < 1.29 is 14.6 Å². The minimum Gasteiger partial charge on any atom is -0.481 e. The Balaban J connectivity index is 2.20. The molecule has 0 unspecified atom stereocenters. The van der Waals surface area contributed by atoms with Gasteiger partial charge in [0.05, 0.1) is 6.42 Å². The predicted molar refractivity (Wildman–Crippen MR) is 70.6 cm³/mol. The molecule has 0 amide bonds. The van der Waals surface area contributed by atoms with Gasteiger partial charge in [0, 0.05) is 19.8 Å². The first-order chi connectivity index (χ1) is 8.72. The molecule has 4 heteroatoms. The topological polar surface area (TPSA) is 58.6 Å².